The molecule has 1 saturated heterocycles. The first kappa shape index (κ1) is 14.6. The van der Waals surface area contributed by atoms with Crippen molar-refractivity contribution in [2.75, 3.05) is 20.1 Å². The lowest BCUT2D eigenvalue weighted by Crippen LogP contribution is -2.37. The van der Waals surface area contributed by atoms with Gasteiger partial charge < -0.3 is 4.90 Å². The SMILES string of the molecule is CCCCCCC1CN(C)CCC1c1ccccc1. The third-order valence-electron chi connectivity index (χ3n) is 4.59. The summed E-state index contributed by atoms with van der Waals surface area (Å²) in [5.74, 6) is 1.65. The van der Waals surface area contributed by atoms with Gasteiger partial charge in [0.05, 0.1) is 0 Å². The maximum Gasteiger partial charge on any atom is 0.00125 e. The molecule has 1 aliphatic heterocycles. The molecule has 1 heterocycles. The first-order valence-corrected chi connectivity index (χ1v) is 8.04. The zero-order valence-electron chi connectivity index (χ0n) is 12.6. The number of nitrogens with zero attached hydrogens (tertiary/aromatic N) is 1. The van der Waals surface area contributed by atoms with E-state index in [1.54, 1.807) is 5.56 Å². The van der Waals surface area contributed by atoms with E-state index in [9.17, 15) is 0 Å². The molecule has 0 bridgehead atoms. The van der Waals surface area contributed by atoms with Crippen LogP contribution in [-0.4, -0.2) is 25.0 Å². The average molecular weight is 259 g/mol. The van der Waals surface area contributed by atoms with Gasteiger partial charge in [0.1, 0.15) is 0 Å². The molecule has 1 aromatic carbocycles. The van der Waals surface area contributed by atoms with Gasteiger partial charge in [-0.2, -0.15) is 0 Å². The molecule has 0 saturated carbocycles. The van der Waals surface area contributed by atoms with Gasteiger partial charge in [0.2, 0.25) is 0 Å². The highest BCUT2D eigenvalue weighted by molar-refractivity contribution is 5.21. The number of rotatable bonds is 6. The van der Waals surface area contributed by atoms with Crippen LogP contribution in [0, 0.1) is 5.92 Å². The molecule has 2 atom stereocenters. The van der Waals surface area contributed by atoms with E-state index in [1.807, 2.05) is 0 Å². The Labute approximate surface area is 119 Å². The number of hydrogen-bond donors (Lipinski definition) is 0. The van der Waals surface area contributed by atoms with Gasteiger partial charge >= 0.3 is 0 Å². The molecular formula is C18H29N. The van der Waals surface area contributed by atoms with Crippen molar-refractivity contribution in [2.24, 2.45) is 5.92 Å². The highest BCUT2D eigenvalue weighted by atomic mass is 15.1. The standard InChI is InChI=1S/C18H29N/c1-3-4-5-7-12-17-15-19(2)14-13-18(17)16-10-8-6-9-11-16/h6,8-11,17-18H,3-5,7,12-15H2,1-2H3. The fourth-order valence-corrected chi connectivity index (χ4v) is 3.48. The molecular weight excluding hydrogens is 230 g/mol. The Kier molecular flexibility index (Phi) is 5.91. The van der Waals surface area contributed by atoms with Crippen LogP contribution in [0.3, 0.4) is 0 Å². The van der Waals surface area contributed by atoms with E-state index < -0.39 is 0 Å². The zero-order chi connectivity index (χ0) is 13.5. The Balaban J connectivity index is 1.94. The number of unbranched alkanes of at least 4 members (excludes halogenated alkanes) is 3. The molecule has 1 aromatic rings. The number of likely N-dealkylation sites (tertiary alicyclic amines) is 1. The van der Waals surface area contributed by atoms with Crippen molar-refractivity contribution in [1.29, 1.82) is 0 Å². The molecule has 2 rings (SSSR count). The largest absolute Gasteiger partial charge is 0.306 e. The van der Waals surface area contributed by atoms with Crippen molar-refractivity contribution in [1.82, 2.24) is 4.90 Å². The maximum atomic E-state index is 2.52. The molecule has 0 N–H and O–H groups in total. The van der Waals surface area contributed by atoms with Crippen LogP contribution in [0.5, 0.6) is 0 Å². The second-order valence-corrected chi connectivity index (χ2v) is 6.18. The van der Waals surface area contributed by atoms with Crippen LogP contribution in [-0.2, 0) is 0 Å². The van der Waals surface area contributed by atoms with Crippen LogP contribution in [0.4, 0.5) is 0 Å². The van der Waals surface area contributed by atoms with Gasteiger partial charge in [0, 0.05) is 6.54 Å². The summed E-state index contributed by atoms with van der Waals surface area (Å²) in [7, 11) is 2.28. The average Bonchev–Trinajstić information content (AvgIpc) is 2.45. The van der Waals surface area contributed by atoms with Crippen molar-refractivity contribution in [3.05, 3.63) is 35.9 Å². The maximum absolute atomic E-state index is 2.52. The van der Waals surface area contributed by atoms with Crippen LogP contribution in [0.2, 0.25) is 0 Å². The van der Waals surface area contributed by atoms with Gasteiger partial charge in [-0.1, -0.05) is 62.9 Å². The summed E-state index contributed by atoms with van der Waals surface area (Å²) in [6.45, 7) is 4.83. The molecule has 1 fully saturated rings. The van der Waals surface area contributed by atoms with Crippen molar-refractivity contribution in [3.63, 3.8) is 0 Å². The Morgan fingerprint density at radius 1 is 1.11 bits per heavy atom. The summed E-state index contributed by atoms with van der Waals surface area (Å²) in [5, 5.41) is 0. The van der Waals surface area contributed by atoms with E-state index in [0.717, 1.165) is 11.8 Å². The summed E-state index contributed by atoms with van der Waals surface area (Å²) >= 11 is 0. The van der Waals surface area contributed by atoms with Gasteiger partial charge in [0.25, 0.3) is 0 Å². The molecule has 2 unspecified atom stereocenters. The molecule has 1 aliphatic rings. The third kappa shape index (κ3) is 4.35. The second kappa shape index (κ2) is 7.69. The van der Waals surface area contributed by atoms with E-state index in [0.29, 0.717) is 0 Å². The number of piperidine rings is 1. The van der Waals surface area contributed by atoms with Crippen molar-refractivity contribution in [3.8, 4) is 0 Å². The Hall–Kier alpha value is -0.820. The van der Waals surface area contributed by atoms with Gasteiger partial charge in [-0.15, -0.1) is 0 Å². The third-order valence-corrected chi connectivity index (χ3v) is 4.59. The highest BCUT2D eigenvalue weighted by Gasteiger charge is 2.28. The molecule has 0 radical (unpaired) electrons. The summed E-state index contributed by atoms with van der Waals surface area (Å²) < 4.78 is 0. The topological polar surface area (TPSA) is 3.24 Å². The van der Waals surface area contributed by atoms with E-state index >= 15 is 0 Å². The molecule has 0 aliphatic carbocycles. The van der Waals surface area contributed by atoms with Gasteiger partial charge in [-0.05, 0) is 43.8 Å². The fourth-order valence-electron chi connectivity index (χ4n) is 3.48. The van der Waals surface area contributed by atoms with E-state index in [1.165, 1.54) is 51.6 Å². The predicted octanol–water partition coefficient (Wildman–Crippen LogP) is 4.69. The Bertz CT molecular complexity index is 346. The summed E-state index contributed by atoms with van der Waals surface area (Å²) in [5.41, 5.74) is 1.57. The molecule has 1 nitrogen and oxygen atoms in total. The lowest BCUT2D eigenvalue weighted by Gasteiger charge is -2.37. The smallest absolute Gasteiger partial charge is 0.00125 e. The van der Waals surface area contributed by atoms with E-state index in [2.05, 4.69) is 49.2 Å². The van der Waals surface area contributed by atoms with Crippen LogP contribution < -0.4 is 0 Å². The Morgan fingerprint density at radius 2 is 1.89 bits per heavy atom. The normalized spacial score (nSPS) is 24.5. The first-order chi connectivity index (χ1) is 9.31. The summed E-state index contributed by atoms with van der Waals surface area (Å²) in [6, 6.07) is 11.2. The van der Waals surface area contributed by atoms with Gasteiger partial charge in [0.15, 0.2) is 0 Å². The molecule has 19 heavy (non-hydrogen) atoms. The number of benzene rings is 1. The quantitative estimate of drug-likeness (QED) is 0.670. The molecule has 1 heteroatoms. The summed E-state index contributed by atoms with van der Waals surface area (Å²) in [6.07, 6.45) is 8.31. The van der Waals surface area contributed by atoms with Crippen molar-refractivity contribution >= 4 is 0 Å². The predicted molar refractivity (Wildman–Crippen MR) is 83.5 cm³/mol. The zero-order valence-corrected chi connectivity index (χ0v) is 12.6. The highest BCUT2D eigenvalue weighted by Crippen LogP contribution is 2.35. The minimum absolute atomic E-state index is 0.791. The minimum Gasteiger partial charge on any atom is -0.306 e. The second-order valence-electron chi connectivity index (χ2n) is 6.18. The van der Waals surface area contributed by atoms with Crippen molar-refractivity contribution in [2.45, 2.75) is 51.4 Å². The van der Waals surface area contributed by atoms with Crippen LogP contribution in [0.15, 0.2) is 30.3 Å². The lowest BCUT2D eigenvalue weighted by molar-refractivity contribution is 0.173. The van der Waals surface area contributed by atoms with E-state index in [4.69, 9.17) is 0 Å². The minimum atomic E-state index is 0.791. The summed E-state index contributed by atoms with van der Waals surface area (Å²) in [4.78, 5) is 2.52. The monoisotopic (exact) mass is 259 g/mol. The molecule has 0 amide bonds. The van der Waals surface area contributed by atoms with Gasteiger partial charge in [-0.3, -0.25) is 0 Å². The van der Waals surface area contributed by atoms with Crippen LogP contribution >= 0.6 is 0 Å². The fraction of sp³-hybridized carbons (Fsp3) is 0.667. The van der Waals surface area contributed by atoms with Crippen LogP contribution in [0.25, 0.3) is 0 Å². The molecule has 106 valence electrons. The molecule has 0 spiro atoms. The number of hydrogen-bond acceptors (Lipinski definition) is 1. The molecule has 0 aromatic heterocycles. The van der Waals surface area contributed by atoms with E-state index in [-0.39, 0.29) is 0 Å². The lowest BCUT2D eigenvalue weighted by atomic mass is 9.78. The Morgan fingerprint density at radius 3 is 2.63 bits per heavy atom. The van der Waals surface area contributed by atoms with Gasteiger partial charge in [-0.25, -0.2) is 0 Å². The van der Waals surface area contributed by atoms with Crippen molar-refractivity contribution < 1.29 is 0 Å². The van der Waals surface area contributed by atoms with Crippen LogP contribution in [0.1, 0.15) is 56.9 Å². The first-order valence-electron chi connectivity index (χ1n) is 8.04.